The van der Waals surface area contributed by atoms with E-state index in [0.717, 1.165) is 0 Å². The van der Waals surface area contributed by atoms with Gasteiger partial charge >= 0.3 is 0 Å². The second-order valence-corrected chi connectivity index (χ2v) is 6.76. The van der Waals surface area contributed by atoms with Crippen molar-refractivity contribution >= 4 is 15.9 Å². The van der Waals surface area contributed by atoms with Crippen molar-refractivity contribution in [2.45, 2.75) is 65.1 Å². The van der Waals surface area contributed by atoms with Gasteiger partial charge < -0.3 is 0 Å². The van der Waals surface area contributed by atoms with Crippen LogP contribution in [0.5, 0.6) is 0 Å². The number of fused-ring (bicyclic) bond motifs is 1. The Bertz CT molecular complexity index is 404. The van der Waals surface area contributed by atoms with Gasteiger partial charge in [-0.15, -0.1) is 0 Å². The smallest absolute Gasteiger partial charge is 0.0210 e. The Labute approximate surface area is 120 Å². The van der Waals surface area contributed by atoms with Crippen molar-refractivity contribution in [2.24, 2.45) is 0 Å². The van der Waals surface area contributed by atoms with Crippen molar-refractivity contribution < 1.29 is 0 Å². The second kappa shape index (κ2) is 5.75. The lowest BCUT2D eigenvalue weighted by Gasteiger charge is -2.41. The first-order valence-corrected chi connectivity index (χ1v) is 7.83. The van der Waals surface area contributed by atoms with Gasteiger partial charge in [-0.2, -0.15) is 0 Å². The van der Waals surface area contributed by atoms with Gasteiger partial charge in [-0.05, 0) is 64.2 Å². The number of rotatable bonds is 3. The van der Waals surface area contributed by atoms with E-state index < -0.39 is 0 Å². The third-order valence-corrected chi connectivity index (χ3v) is 4.76. The molecule has 0 bridgehead atoms. The van der Waals surface area contributed by atoms with Gasteiger partial charge in [0, 0.05) is 22.6 Å². The minimum Gasteiger partial charge on any atom is -0.295 e. The van der Waals surface area contributed by atoms with Crippen LogP contribution in [-0.4, -0.2) is 23.0 Å². The van der Waals surface area contributed by atoms with Gasteiger partial charge in [-0.25, -0.2) is 0 Å². The number of hydrogen-bond acceptors (Lipinski definition) is 1. The van der Waals surface area contributed by atoms with E-state index in [1.807, 2.05) is 0 Å². The molecule has 0 radical (unpaired) electrons. The van der Waals surface area contributed by atoms with Crippen LogP contribution in [0.3, 0.4) is 0 Å². The summed E-state index contributed by atoms with van der Waals surface area (Å²) in [6.45, 7) is 9.26. The van der Waals surface area contributed by atoms with E-state index in [0.29, 0.717) is 18.1 Å². The summed E-state index contributed by atoms with van der Waals surface area (Å²) in [5.41, 5.74) is 3.06. The van der Waals surface area contributed by atoms with Crippen LogP contribution in [0, 0.1) is 0 Å². The molecule has 1 nitrogen and oxygen atoms in total. The molecule has 1 aromatic carbocycles. The fourth-order valence-corrected chi connectivity index (χ4v) is 3.99. The Morgan fingerprint density at radius 2 is 1.83 bits per heavy atom. The van der Waals surface area contributed by atoms with Gasteiger partial charge in [0.15, 0.2) is 0 Å². The molecule has 100 valence electrons. The van der Waals surface area contributed by atoms with Gasteiger partial charge in [-0.1, -0.05) is 28.1 Å². The molecule has 0 aliphatic heterocycles. The van der Waals surface area contributed by atoms with Crippen molar-refractivity contribution in [1.82, 2.24) is 4.90 Å². The zero-order chi connectivity index (χ0) is 13.3. The summed E-state index contributed by atoms with van der Waals surface area (Å²) in [5, 5.41) is 0. The van der Waals surface area contributed by atoms with Crippen molar-refractivity contribution in [3.63, 3.8) is 0 Å². The zero-order valence-corrected chi connectivity index (χ0v) is 13.5. The highest BCUT2D eigenvalue weighted by atomic mass is 79.9. The van der Waals surface area contributed by atoms with Crippen LogP contribution in [0.1, 0.15) is 45.2 Å². The lowest BCUT2D eigenvalue weighted by Crippen LogP contribution is -2.47. The molecular weight excluding hydrogens is 286 g/mol. The fourth-order valence-electron chi connectivity index (χ4n) is 3.42. The number of hydrogen-bond donors (Lipinski definition) is 0. The molecule has 1 unspecified atom stereocenters. The Morgan fingerprint density at radius 1 is 1.17 bits per heavy atom. The van der Waals surface area contributed by atoms with Gasteiger partial charge in [0.1, 0.15) is 0 Å². The lowest BCUT2D eigenvalue weighted by molar-refractivity contribution is 0.102. The summed E-state index contributed by atoms with van der Waals surface area (Å²) in [7, 11) is 0. The lowest BCUT2D eigenvalue weighted by atomic mass is 9.86. The first kappa shape index (κ1) is 14.1. The van der Waals surface area contributed by atoms with Crippen molar-refractivity contribution in [2.75, 3.05) is 0 Å². The molecule has 0 saturated carbocycles. The molecule has 0 heterocycles. The minimum atomic E-state index is 0.624. The molecule has 2 rings (SSSR count). The summed E-state index contributed by atoms with van der Waals surface area (Å²) < 4.78 is 1.29. The average Bonchev–Trinajstić information content (AvgIpc) is 2.29. The van der Waals surface area contributed by atoms with Gasteiger partial charge in [0.25, 0.3) is 0 Å². The van der Waals surface area contributed by atoms with E-state index in [-0.39, 0.29) is 0 Å². The number of halogens is 1. The van der Waals surface area contributed by atoms with Crippen molar-refractivity contribution in [3.05, 3.63) is 33.8 Å². The maximum absolute atomic E-state index is 3.71. The summed E-state index contributed by atoms with van der Waals surface area (Å²) >= 11 is 3.71. The van der Waals surface area contributed by atoms with Crippen molar-refractivity contribution in [3.8, 4) is 0 Å². The van der Waals surface area contributed by atoms with Gasteiger partial charge in [0.05, 0.1) is 0 Å². The van der Waals surface area contributed by atoms with E-state index in [1.54, 1.807) is 0 Å². The average molecular weight is 310 g/mol. The molecule has 0 amide bonds. The monoisotopic (exact) mass is 309 g/mol. The topological polar surface area (TPSA) is 3.24 Å². The van der Waals surface area contributed by atoms with Crippen LogP contribution in [0.2, 0.25) is 0 Å². The number of nitrogens with zero attached hydrogens (tertiary/aromatic N) is 1. The number of benzene rings is 1. The van der Waals surface area contributed by atoms with E-state index in [2.05, 4.69) is 66.7 Å². The molecule has 1 aromatic rings. The van der Waals surface area contributed by atoms with E-state index in [4.69, 9.17) is 0 Å². The molecule has 0 N–H and O–H groups in total. The van der Waals surface area contributed by atoms with E-state index >= 15 is 0 Å². The number of aryl methyl sites for hydroxylation is 1. The molecule has 0 aromatic heterocycles. The third-order valence-electron chi connectivity index (χ3n) is 4.02. The standard InChI is InChI=1S/C16H24BrN/c1-11(2)18(12(3)4)14-9-8-13-6-5-7-16(17)15(13)10-14/h5-7,11-12,14H,8-10H2,1-4H3. The maximum atomic E-state index is 3.71. The van der Waals surface area contributed by atoms with E-state index in [1.165, 1.54) is 34.9 Å². The van der Waals surface area contributed by atoms with Crippen LogP contribution >= 0.6 is 15.9 Å². The molecule has 2 heteroatoms. The van der Waals surface area contributed by atoms with Crippen LogP contribution in [0.25, 0.3) is 0 Å². The maximum Gasteiger partial charge on any atom is 0.0210 e. The molecule has 0 fully saturated rings. The largest absolute Gasteiger partial charge is 0.295 e. The summed E-state index contributed by atoms with van der Waals surface area (Å²) in [6, 6.07) is 8.56. The Hall–Kier alpha value is -0.340. The Kier molecular flexibility index (Phi) is 4.50. The quantitative estimate of drug-likeness (QED) is 0.798. The molecule has 18 heavy (non-hydrogen) atoms. The normalized spacial score (nSPS) is 19.7. The zero-order valence-electron chi connectivity index (χ0n) is 11.9. The van der Waals surface area contributed by atoms with Crippen LogP contribution in [0.15, 0.2) is 22.7 Å². The van der Waals surface area contributed by atoms with Crippen LogP contribution in [-0.2, 0) is 12.8 Å². The summed E-state index contributed by atoms with van der Waals surface area (Å²) in [6.07, 6.45) is 3.70. The highest BCUT2D eigenvalue weighted by Crippen LogP contribution is 2.31. The Morgan fingerprint density at radius 3 is 2.44 bits per heavy atom. The molecular formula is C16H24BrN. The first-order chi connectivity index (χ1) is 8.50. The van der Waals surface area contributed by atoms with E-state index in [9.17, 15) is 0 Å². The predicted octanol–water partition coefficient (Wildman–Crippen LogP) is 4.43. The second-order valence-electron chi connectivity index (χ2n) is 5.91. The molecule has 0 saturated heterocycles. The minimum absolute atomic E-state index is 0.624. The van der Waals surface area contributed by atoms with Gasteiger partial charge in [-0.3, -0.25) is 4.90 Å². The highest BCUT2D eigenvalue weighted by molar-refractivity contribution is 9.10. The molecule has 1 aliphatic carbocycles. The highest BCUT2D eigenvalue weighted by Gasteiger charge is 2.28. The Balaban J connectivity index is 2.23. The SMILES string of the molecule is CC(C)N(C(C)C)C1CCc2cccc(Br)c2C1. The fraction of sp³-hybridized carbons (Fsp3) is 0.625. The summed E-state index contributed by atoms with van der Waals surface area (Å²) in [4.78, 5) is 2.67. The van der Waals surface area contributed by atoms with Crippen LogP contribution in [0.4, 0.5) is 0 Å². The van der Waals surface area contributed by atoms with Crippen molar-refractivity contribution in [1.29, 1.82) is 0 Å². The molecule has 1 atom stereocenters. The summed E-state index contributed by atoms with van der Waals surface area (Å²) in [5.74, 6) is 0. The molecule has 1 aliphatic rings. The first-order valence-electron chi connectivity index (χ1n) is 7.04. The predicted molar refractivity (Wildman–Crippen MR) is 82.1 cm³/mol. The van der Waals surface area contributed by atoms with Gasteiger partial charge in [0.2, 0.25) is 0 Å². The molecule has 0 spiro atoms. The van der Waals surface area contributed by atoms with Crippen LogP contribution < -0.4 is 0 Å². The third kappa shape index (κ3) is 2.80.